The number of amides is 1. The maximum Gasteiger partial charge on any atom is 0.290 e. The van der Waals surface area contributed by atoms with Crippen molar-refractivity contribution in [3.05, 3.63) is 73.8 Å². The fraction of sp³-hybridized carbons (Fsp3) is 0.133. The number of rotatable bonds is 6. The first kappa shape index (κ1) is 17.4. The molecule has 0 aliphatic rings. The topological polar surface area (TPSA) is 115 Å². The van der Waals surface area contributed by atoms with Crippen LogP contribution >= 0.6 is 11.8 Å². The van der Waals surface area contributed by atoms with Crippen LogP contribution in [-0.2, 0) is 5.75 Å². The summed E-state index contributed by atoms with van der Waals surface area (Å²) in [5.74, 6) is -0.240. The van der Waals surface area contributed by atoms with E-state index in [4.69, 9.17) is 0 Å². The lowest BCUT2D eigenvalue weighted by Gasteiger charge is -2.09. The number of thioether (sulfide) groups is 1. The zero-order valence-corrected chi connectivity index (χ0v) is 13.4. The Hall–Kier alpha value is -2.94. The minimum absolute atomic E-state index is 0.172. The van der Waals surface area contributed by atoms with E-state index in [1.54, 1.807) is 0 Å². The van der Waals surface area contributed by atoms with E-state index >= 15 is 0 Å². The molecule has 0 aromatic heterocycles. The largest absolute Gasteiger partial charge is 0.355 e. The van der Waals surface area contributed by atoms with Crippen molar-refractivity contribution in [3.8, 4) is 0 Å². The first-order valence-corrected chi connectivity index (χ1v) is 7.78. The molecule has 24 heavy (non-hydrogen) atoms. The normalized spacial score (nSPS) is 10.2. The number of nitrogens with zero attached hydrogens (tertiary/aromatic N) is 2. The van der Waals surface area contributed by atoms with Gasteiger partial charge in [-0.15, -0.1) is 11.8 Å². The van der Waals surface area contributed by atoms with E-state index in [9.17, 15) is 25.0 Å². The van der Waals surface area contributed by atoms with E-state index in [1.807, 2.05) is 30.3 Å². The van der Waals surface area contributed by atoms with Crippen LogP contribution in [0.3, 0.4) is 0 Å². The summed E-state index contributed by atoms with van der Waals surface area (Å²) in [6.07, 6.45) is 0. The Morgan fingerprint density at radius 1 is 1.12 bits per heavy atom. The number of non-ortho nitro benzene ring substituents is 1. The van der Waals surface area contributed by atoms with Crippen LogP contribution in [0.25, 0.3) is 0 Å². The SMILES string of the molecule is CNC(=O)c1c(SCc2ccccc2)cc([N+](=O)[O-])cc1[N+](=O)[O-]. The van der Waals surface area contributed by atoms with Crippen LogP contribution in [0.1, 0.15) is 15.9 Å². The molecular weight excluding hydrogens is 334 g/mol. The molecule has 124 valence electrons. The maximum absolute atomic E-state index is 12.1. The number of hydrogen-bond acceptors (Lipinski definition) is 6. The van der Waals surface area contributed by atoms with Gasteiger partial charge in [-0.1, -0.05) is 30.3 Å². The summed E-state index contributed by atoms with van der Waals surface area (Å²) in [6, 6.07) is 11.2. The zero-order valence-electron chi connectivity index (χ0n) is 12.6. The van der Waals surface area contributed by atoms with Crippen LogP contribution in [0.15, 0.2) is 47.4 Å². The van der Waals surface area contributed by atoms with E-state index in [-0.39, 0.29) is 10.5 Å². The molecular formula is C15H13N3O5S. The summed E-state index contributed by atoms with van der Waals surface area (Å²) in [5.41, 5.74) is -0.252. The molecule has 0 aliphatic carbocycles. The van der Waals surface area contributed by atoms with Crippen molar-refractivity contribution in [2.75, 3.05) is 7.05 Å². The summed E-state index contributed by atoms with van der Waals surface area (Å²) < 4.78 is 0. The van der Waals surface area contributed by atoms with Gasteiger partial charge in [0.2, 0.25) is 0 Å². The third kappa shape index (κ3) is 3.87. The van der Waals surface area contributed by atoms with E-state index in [0.717, 1.165) is 23.4 Å². The second-order valence-corrected chi connectivity index (χ2v) is 5.72. The minimum Gasteiger partial charge on any atom is -0.355 e. The number of nitro benzene ring substituents is 2. The molecule has 1 amide bonds. The monoisotopic (exact) mass is 347 g/mol. The van der Waals surface area contributed by atoms with Crippen LogP contribution < -0.4 is 5.32 Å². The Morgan fingerprint density at radius 2 is 1.79 bits per heavy atom. The fourth-order valence-electron chi connectivity index (χ4n) is 2.04. The highest BCUT2D eigenvalue weighted by molar-refractivity contribution is 7.98. The Labute approximate surface area is 141 Å². The Balaban J connectivity index is 2.51. The maximum atomic E-state index is 12.1. The van der Waals surface area contributed by atoms with Gasteiger partial charge in [0.05, 0.1) is 15.9 Å². The molecule has 1 N–H and O–H groups in total. The van der Waals surface area contributed by atoms with Crippen molar-refractivity contribution in [2.24, 2.45) is 0 Å². The van der Waals surface area contributed by atoms with Gasteiger partial charge in [0.25, 0.3) is 17.3 Å². The number of nitro groups is 2. The smallest absolute Gasteiger partial charge is 0.290 e. The number of carbonyl (C=O) groups is 1. The fourth-order valence-corrected chi connectivity index (χ4v) is 3.10. The van der Waals surface area contributed by atoms with Crippen molar-refractivity contribution in [3.63, 3.8) is 0 Å². The second-order valence-electron chi connectivity index (χ2n) is 4.71. The van der Waals surface area contributed by atoms with Gasteiger partial charge in [0, 0.05) is 23.8 Å². The predicted octanol–water partition coefficient (Wildman–Crippen LogP) is 3.15. The molecule has 0 bridgehead atoms. The van der Waals surface area contributed by atoms with Crippen molar-refractivity contribution < 1.29 is 14.6 Å². The van der Waals surface area contributed by atoms with Crippen molar-refractivity contribution in [1.82, 2.24) is 5.32 Å². The highest BCUT2D eigenvalue weighted by Crippen LogP contribution is 2.36. The van der Waals surface area contributed by atoms with Gasteiger partial charge in [0.15, 0.2) is 0 Å². The molecule has 2 rings (SSSR count). The summed E-state index contributed by atoms with van der Waals surface area (Å²) in [6.45, 7) is 0. The summed E-state index contributed by atoms with van der Waals surface area (Å²) in [4.78, 5) is 33.0. The molecule has 0 atom stereocenters. The summed E-state index contributed by atoms with van der Waals surface area (Å²) in [5, 5.41) is 24.6. The number of carbonyl (C=O) groups excluding carboxylic acids is 1. The lowest BCUT2D eigenvalue weighted by Crippen LogP contribution is -2.20. The van der Waals surface area contributed by atoms with Crippen LogP contribution in [0.4, 0.5) is 11.4 Å². The zero-order chi connectivity index (χ0) is 17.7. The van der Waals surface area contributed by atoms with Gasteiger partial charge < -0.3 is 5.32 Å². The van der Waals surface area contributed by atoms with E-state index < -0.39 is 27.1 Å². The van der Waals surface area contributed by atoms with E-state index in [1.165, 1.54) is 13.1 Å². The van der Waals surface area contributed by atoms with Gasteiger partial charge in [-0.3, -0.25) is 25.0 Å². The lowest BCUT2D eigenvalue weighted by molar-refractivity contribution is -0.394. The molecule has 2 aromatic rings. The Bertz CT molecular complexity index is 795. The van der Waals surface area contributed by atoms with Crippen molar-refractivity contribution >= 4 is 29.0 Å². The number of hydrogen-bond donors (Lipinski definition) is 1. The predicted molar refractivity (Wildman–Crippen MR) is 89.1 cm³/mol. The first-order valence-electron chi connectivity index (χ1n) is 6.79. The van der Waals surface area contributed by atoms with Gasteiger partial charge in [-0.05, 0) is 5.56 Å². The average molecular weight is 347 g/mol. The Morgan fingerprint density at radius 3 is 2.33 bits per heavy atom. The second kappa shape index (κ2) is 7.55. The molecule has 0 saturated carbocycles. The summed E-state index contributed by atoms with van der Waals surface area (Å²) >= 11 is 1.14. The van der Waals surface area contributed by atoms with Crippen molar-refractivity contribution in [1.29, 1.82) is 0 Å². The summed E-state index contributed by atoms with van der Waals surface area (Å²) in [7, 11) is 1.35. The van der Waals surface area contributed by atoms with Crippen LogP contribution in [0.2, 0.25) is 0 Å². The third-order valence-corrected chi connectivity index (χ3v) is 4.28. The van der Waals surface area contributed by atoms with Crippen LogP contribution in [-0.4, -0.2) is 22.8 Å². The van der Waals surface area contributed by atoms with Gasteiger partial charge >= 0.3 is 0 Å². The van der Waals surface area contributed by atoms with Crippen molar-refractivity contribution in [2.45, 2.75) is 10.6 Å². The molecule has 0 saturated heterocycles. The van der Waals surface area contributed by atoms with Crippen LogP contribution in [0, 0.1) is 20.2 Å². The average Bonchev–Trinajstić information content (AvgIpc) is 2.59. The molecule has 8 nitrogen and oxygen atoms in total. The molecule has 0 heterocycles. The van der Waals surface area contributed by atoms with Gasteiger partial charge in [-0.2, -0.15) is 0 Å². The number of benzene rings is 2. The molecule has 9 heteroatoms. The van der Waals surface area contributed by atoms with Gasteiger partial charge in [-0.25, -0.2) is 0 Å². The molecule has 2 aromatic carbocycles. The van der Waals surface area contributed by atoms with Crippen LogP contribution in [0.5, 0.6) is 0 Å². The highest BCUT2D eigenvalue weighted by atomic mass is 32.2. The highest BCUT2D eigenvalue weighted by Gasteiger charge is 2.28. The molecule has 0 spiro atoms. The quantitative estimate of drug-likeness (QED) is 0.487. The van der Waals surface area contributed by atoms with Gasteiger partial charge in [0.1, 0.15) is 5.56 Å². The number of nitrogens with one attached hydrogen (secondary N) is 1. The molecule has 0 unspecified atom stereocenters. The molecule has 0 aliphatic heterocycles. The lowest BCUT2D eigenvalue weighted by atomic mass is 10.1. The molecule has 0 fully saturated rings. The minimum atomic E-state index is -0.788. The third-order valence-electron chi connectivity index (χ3n) is 3.16. The van der Waals surface area contributed by atoms with E-state index in [2.05, 4.69) is 5.32 Å². The Kier molecular flexibility index (Phi) is 5.48. The van der Waals surface area contributed by atoms with E-state index in [0.29, 0.717) is 5.75 Å². The molecule has 0 radical (unpaired) electrons. The first-order chi connectivity index (χ1) is 11.4. The standard InChI is InChI=1S/C15H13N3O5S/c1-16-15(19)14-12(18(22)23)7-11(17(20)21)8-13(14)24-9-10-5-3-2-4-6-10/h2-8H,9H2,1H3,(H,16,19).